The molecule has 10 aromatic rings. The summed E-state index contributed by atoms with van der Waals surface area (Å²) in [6, 6.07) is 81.2. The van der Waals surface area contributed by atoms with Gasteiger partial charge in [-0.1, -0.05) is 170 Å². The van der Waals surface area contributed by atoms with Crippen molar-refractivity contribution in [2.24, 2.45) is 0 Å². The predicted molar refractivity (Wildman–Crippen MR) is 241 cm³/mol. The van der Waals surface area contributed by atoms with Crippen LogP contribution in [0.15, 0.2) is 224 Å². The first-order valence-corrected chi connectivity index (χ1v) is 19.9. The van der Waals surface area contributed by atoms with E-state index in [9.17, 15) is 0 Å². The van der Waals surface area contributed by atoms with Crippen molar-refractivity contribution in [2.45, 2.75) is 0 Å². The van der Waals surface area contributed by atoms with E-state index in [4.69, 9.17) is 0 Å². The maximum absolute atomic E-state index is 2.36. The van der Waals surface area contributed by atoms with Gasteiger partial charge in [0, 0.05) is 37.2 Å². The number of hydrogen-bond donors (Lipinski definition) is 0. The zero-order valence-corrected chi connectivity index (χ0v) is 31.5. The van der Waals surface area contributed by atoms with Crippen molar-refractivity contribution in [3.63, 3.8) is 0 Å². The number of fused-ring (bicyclic) bond motifs is 3. The monoisotopic (exact) mass is 731 g/mol. The molecule has 0 spiro atoms. The molecule has 2 heteroatoms. The number of benzene rings is 9. The third-order valence-electron chi connectivity index (χ3n) is 10.7. The van der Waals surface area contributed by atoms with E-state index in [1.807, 2.05) is 11.3 Å². The molecule has 0 fully saturated rings. The quantitative estimate of drug-likeness (QED) is 0.150. The number of rotatable bonds is 8. The minimum Gasteiger partial charge on any atom is -0.311 e. The molecule has 1 heterocycles. The van der Waals surface area contributed by atoms with E-state index in [0.717, 1.165) is 17.1 Å². The van der Waals surface area contributed by atoms with Crippen LogP contribution in [0.3, 0.4) is 0 Å². The predicted octanol–water partition coefficient (Wildman–Crippen LogP) is 15.9. The summed E-state index contributed by atoms with van der Waals surface area (Å²) in [7, 11) is 0. The van der Waals surface area contributed by atoms with Gasteiger partial charge < -0.3 is 4.90 Å². The van der Waals surface area contributed by atoms with Gasteiger partial charge in [0.1, 0.15) is 0 Å². The number of anilines is 3. The van der Waals surface area contributed by atoms with Crippen LogP contribution in [0, 0.1) is 0 Å². The van der Waals surface area contributed by atoms with Gasteiger partial charge >= 0.3 is 0 Å². The maximum atomic E-state index is 2.36. The van der Waals surface area contributed by atoms with E-state index < -0.39 is 0 Å². The van der Waals surface area contributed by atoms with Crippen molar-refractivity contribution in [1.82, 2.24) is 0 Å². The Balaban J connectivity index is 1.04. The molecule has 10 rings (SSSR count). The summed E-state index contributed by atoms with van der Waals surface area (Å²) in [5.74, 6) is 0. The van der Waals surface area contributed by atoms with Crippen LogP contribution >= 0.6 is 11.3 Å². The topological polar surface area (TPSA) is 3.24 Å². The molecular formula is C54H37NS. The number of thiophene rings is 1. The lowest BCUT2D eigenvalue weighted by Gasteiger charge is -2.26. The molecule has 9 aromatic carbocycles. The van der Waals surface area contributed by atoms with Crippen LogP contribution < -0.4 is 4.90 Å². The molecule has 264 valence electrons. The van der Waals surface area contributed by atoms with Crippen molar-refractivity contribution in [1.29, 1.82) is 0 Å². The van der Waals surface area contributed by atoms with E-state index >= 15 is 0 Å². The third-order valence-corrected chi connectivity index (χ3v) is 11.9. The summed E-state index contributed by atoms with van der Waals surface area (Å²) in [5, 5.41) is 2.65. The molecule has 0 unspecified atom stereocenters. The zero-order chi connectivity index (χ0) is 37.3. The van der Waals surface area contributed by atoms with Gasteiger partial charge in [0.15, 0.2) is 0 Å². The van der Waals surface area contributed by atoms with Gasteiger partial charge in [-0.3, -0.25) is 0 Å². The highest BCUT2D eigenvalue weighted by Crippen LogP contribution is 2.42. The van der Waals surface area contributed by atoms with Crippen LogP contribution in [0.2, 0.25) is 0 Å². The largest absolute Gasteiger partial charge is 0.311 e. The van der Waals surface area contributed by atoms with E-state index in [1.54, 1.807) is 0 Å². The second kappa shape index (κ2) is 14.7. The Labute approximate surface area is 332 Å². The fourth-order valence-electron chi connectivity index (χ4n) is 7.94. The summed E-state index contributed by atoms with van der Waals surface area (Å²) in [6.07, 6.45) is 0. The van der Waals surface area contributed by atoms with Gasteiger partial charge in [0.05, 0.1) is 0 Å². The first-order valence-electron chi connectivity index (χ1n) is 19.1. The van der Waals surface area contributed by atoms with Crippen molar-refractivity contribution in [3.8, 4) is 55.6 Å². The first kappa shape index (κ1) is 33.6. The lowest BCUT2D eigenvalue weighted by atomic mass is 9.91. The van der Waals surface area contributed by atoms with Crippen molar-refractivity contribution in [2.75, 3.05) is 4.90 Å². The Morgan fingerprint density at radius 1 is 0.268 bits per heavy atom. The Morgan fingerprint density at radius 3 is 1.30 bits per heavy atom. The lowest BCUT2D eigenvalue weighted by Crippen LogP contribution is -2.09. The fourth-order valence-corrected chi connectivity index (χ4v) is 9.07. The molecule has 0 saturated heterocycles. The summed E-state index contributed by atoms with van der Waals surface area (Å²) in [6.45, 7) is 0. The molecule has 1 nitrogen and oxygen atoms in total. The summed E-state index contributed by atoms with van der Waals surface area (Å²) in [5.41, 5.74) is 15.5. The molecule has 0 saturated carbocycles. The summed E-state index contributed by atoms with van der Waals surface area (Å²) >= 11 is 1.86. The summed E-state index contributed by atoms with van der Waals surface area (Å²) in [4.78, 5) is 2.36. The van der Waals surface area contributed by atoms with E-state index in [-0.39, 0.29) is 0 Å². The van der Waals surface area contributed by atoms with Crippen LogP contribution in [0.5, 0.6) is 0 Å². The molecule has 0 aliphatic carbocycles. The SMILES string of the molecule is c1ccc(-c2ccc(N(c3ccc(-c4ccc(-c5ccccc5)c(-c5ccccc5)c4)cc3)c3ccc(-c4cccc5sc6ccccc6c45)cc3)cc2)cc1. The van der Waals surface area contributed by atoms with Gasteiger partial charge in [0.25, 0.3) is 0 Å². The molecule has 0 atom stereocenters. The van der Waals surface area contributed by atoms with Crippen LogP contribution in [0.1, 0.15) is 0 Å². The first-order chi connectivity index (χ1) is 27.8. The zero-order valence-electron chi connectivity index (χ0n) is 30.7. The second-order valence-electron chi connectivity index (χ2n) is 14.1. The van der Waals surface area contributed by atoms with E-state index in [1.165, 1.54) is 75.8 Å². The van der Waals surface area contributed by atoms with E-state index in [2.05, 4.69) is 229 Å². The molecule has 0 N–H and O–H groups in total. The highest BCUT2D eigenvalue weighted by molar-refractivity contribution is 7.25. The van der Waals surface area contributed by atoms with Crippen molar-refractivity contribution < 1.29 is 0 Å². The van der Waals surface area contributed by atoms with Crippen molar-refractivity contribution in [3.05, 3.63) is 224 Å². The van der Waals surface area contributed by atoms with Gasteiger partial charge in [-0.05, 0) is 110 Å². The minimum atomic E-state index is 1.10. The average molecular weight is 732 g/mol. The molecule has 0 radical (unpaired) electrons. The van der Waals surface area contributed by atoms with Gasteiger partial charge in [-0.2, -0.15) is 0 Å². The van der Waals surface area contributed by atoms with Crippen LogP contribution in [-0.4, -0.2) is 0 Å². The van der Waals surface area contributed by atoms with Gasteiger partial charge in [0.2, 0.25) is 0 Å². The van der Waals surface area contributed by atoms with Crippen LogP contribution in [0.25, 0.3) is 75.8 Å². The Kier molecular flexibility index (Phi) is 8.79. The molecule has 1 aromatic heterocycles. The minimum absolute atomic E-state index is 1.10. The van der Waals surface area contributed by atoms with Crippen molar-refractivity contribution >= 4 is 48.6 Å². The molecule has 0 aliphatic rings. The van der Waals surface area contributed by atoms with Gasteiger partial charge in [-0.15, -0.1) is 11.3 Å². The summed E-state index contributed by atoms with van der Waals surface area (Å²) < 4.78 is 2.64. The number of hydrogen-bond acceptors (Lipinski definition) is 2. The highest BCUT2D eigenvalue weighted by Gasteiger charge is 2.16. The molecule has 0 aliphatic heterocycles. The maximum Gasteiger partial charge on any atom is 0.0462 e. The molecule has 0 amide bonds. The standard InChI is InChI=1S/C54H37NS/c1-4-13-38(14-5-1)39-23-30-45(31-24-39)55(47-34-27-43(28-35-47)49-20-12-22-53-54(49)50-19-10-11-21-52(50)56-53)46-32-25-40(26-33-46)44-29-36-48(41-15-6-2-7-16-41)51(37-44)42-17-8-3-9-18-42/h1-37H. The van der Waals surface area contributed by atoms with Gasteiger partial charge in [-0.25, -0.2) is 0 Å². The van der Waals surface area contributed by atoms with Crippen LogP contribution in [-0.2, 0) is 0 Å². The number of nitrogens with zero attached hydrogens (tertiary/aromatic N) is 1. The Morgan fingerprint density at radius 2 is 0.696 bits per heavy atom. The average Bonchev–Trinajstić information content (AvgIpc) is 3.67. The fraction of sp³-hybridized carbons (Fsp3) is 0. The second-order valence-corrected chi connectivity index (χ2v) is 15.2. The molecular weight excluding hydrogens is 695 g/mol. The molecule has 0 bridgehead atoms. The van der Waals surface area contributed by atoms with Crippen LogP contribution in [0.4, 0.5) is 17.1 Å². The molecule has 56 heavy (non-hydrogen) atoms. The Hall–Kier alpha value is -7.00. The smallest absolute Gasteiger partial charge is 0.0462 e. The normalized spacial score (nSPS) is 11.2. The highest BCUT2D eigenvalue weighted by atomic mass is 32.1. The lowest BCUT2D eigenvalue weighted by molar-refractivity contribution is 1.28. The van der Waals surface area contributed by atoms with E-state index in [0.29, 0.717) is 0 Å². The third kappa shape index (κ3) is 6.36. The Bertz CT molecular complexity index is 2910.